The fraction of sp³-hybridized carbons (Fsp3) is 0.552. The number of cyclic esters (lactones) is 1. The first-order valence-electron chi connectivity index (χ1n) is 13.9. The van der Waals surface area contributed by atoms with E-state index in [1.165, 1.54) is 14.2 Å². The number of benzene rings is 2. The van der Waals surface area contributed by atoms with Gasteiger partial charge in [-0.05, 0) is 41.8 Å². The minimum atomic E-state index is -1.46. The van der Waals surface area contributed by atoms with Gasteiger partial charge in [0.15, 0.2) is 35.6 Å². The van der Waals surface area contributed by atoms with Crippen molar-refractivity contribution in [2.24, 2.45) is 11.8 Å². The molecule has 14 heteroatoms. The highest BCUT2D eigenvalue weighted by Crippen LogP contribution is 2.58. The van der Waals surface area contributed by atoms with Crippen LogP contribution in [0.1, 0.15) is 35.6 Å². The van der Waals surface area contributed by atoms with Crippen LogP contribution < -0.4 is 18.9 Å². The maximum absolute atomic E-state index is 13.5. The molecule has 1 unspecified atom stereocenters. The molecule has 0 amide bonds. The van der Waals surface area contributed by atoms with Crippen molar-refractivity contribution in [1.29, 1.82) is 0 Å². The number of carbonyl (C=O) groups excluding carboxylic acids is 1. The van der Waals surface area contributed by atoms with E-state index in [-0.39, 0.29) is 42.3 Å². The second kappa shape index (κ2) is 10.8. The molecule has 43 heavy (non-hydrogen) atoms. The molecule has 0 bridgehead atoms. The Morgan fingerprint density at radius 1 is 0.930 bits per heavy atom. The number of hydrogen-bond acceptors (Lipinski definition) is 13. The number of aliphatic hydroxyl groups is 2. The first-order chi connectivity index (χ1) is 20.7. The van der Waals surface area contributed by atoms with Crippen molar-refractivity contribution in [3.8, 4) is 28.7 Å². The molecule has 10 atom stereocenters. The van der Waals surface area contributed by atoms with Crippen molar-refractivity contribution in [2.45, 2.75) is 55.9 Å². The number of aromatic hydroxyl groups is 1. The fourth-order valence-corrected chi connectivity index (χ4v) is 7.14. The molecule has 3 N–H and O–H groups in total. The van der Waals surface area contributed by atoms with Gasteiger partial charge in [-0.15, -0.1) is 0 Å². The molecule has 3 saturated heterocycles. The second-order valence-corrected chi connectivity index (χ2v) is 11.5. The zero-order chi connectivity index (χ0) is 30.2. The van der Waals surface area contributed by atoms with E-state index in [2.05, 4.69) is 0 Å². The van der Waals surface area contributed by atoms with Crippen LogP contribution in [0.3, 0.4) is 0 Å². The van der Waals surface area contributed by atoms with Crippen molar-refractivity contribution in [3.05, 3.63) is 39.9 Å². The van der Waals surface area contributed by atoms with Gasteiger partial charge >= 0.3 is 5.97 Å². The molecular weight excluding hydrogens is 592 g/mol. The molecule has 0 saturated carbocycles. The van der Waals surface area contributed by atoms with Gasteiger partial charge in [0, 0.05) is 11.8 Å². The Hall–Kier alpha value is -3.04. The standard InChI is InChI=1S/C29H31ClO13/c1-10-37-8-18-26(41-10)23(32)24(33)29(42-18)43-25-12-5-16-15(39-9-40-16)4-11(12)19(20-14(25)7-38-28(20)34)13-6-17(35-2)22(31)27(36-3)21(13)30/h4-6,10,14,18-20,23-26,29,31-33H,7-9H2,1-3H3/t10?,14-,18+,19-,20-,23+,24+,25+,26+,29-/m0/s1. The zero-order valence-corrected chi connectivity index (χ0v) is 24.2. The summed E-state index contributed by atoms with van der Waals surface area (Å²) in [6.07, 6.45) is -6.97. The molecule has 0 spiro atoms. The first kappa shape index (κ1) is 28.7. The largest absolute Gasteiger partial charge is 0.502 e. The molecule has 7 rings (SSSR count). The van der Waals surface area contributed by atoms with Crippen LogP contribution in [0.5, 0.6) is 28.7 Å². The van der Waals surface area contributed by atoms with Crippen LogP contribution >= 0.6 is 11.6 Å². The van der Waals surface area contributed by atoms with E-state index in [4.69, 9.17) is 54.2 Å². The van der Waals surface area contributed by atoms with E-state index in [1.807, 2.05) is 0 Å². The molecular formula is C29H31ClO13. The van der Waals surface area contributed by atoms with E-state index in [0.717, 1.165) is 0 Å². The van der Waals surface area contributed by atoms with Crippen LogP contribution in [-0.2, 0) is 28.5 Å². The topological polar surface area (TPSA) is 161 Å². The molecule has 4 heterocycles. The van der Waals surface area contributed by atoms with E-state index in [1.54, 1.807) is 25.1 Å². The summed E-state index contributed by atoms with van der Waals surface area (Å²) >= 11 is 6.82. The third-order valence-electron chi connectivity index (χ3n) is 8.83. The molecule has 2 aromatic rings. The maximum atomic E-state index is 13.5. The van der Waals surface area contributed by atoms with Crippen molar-refractivity contribution in [3.63, 3.8) is 0 Å². The number of fused-ring (bicyclic) bond motifs is 4. The molecule has 4 aliphatic heterocycles. The number of ether oxygens (including phenoxy) is 9. The fourth-order valence-electron chi connectivity index (χ4n) is 6.80. The molecule has 2 aromatic carbocycles. The number of phenols is 1. The summed E-state index contributed by atoms with van der Waals surface area (Å²) in [4.78, 5) is 13.5. The summed E-state index contributed by atoms with van der Waals surface area (Å²) in [5.41, 5.74) is 1.69. The van der Waals surface area contributed by atoms with Crippen LogP contribution in [0.15, 0.2) is 18.2 Å². The predicted octanol–water partition coefficient (Wildman–Crippen LogP) is 1.99. The maximum Gasteiger partial charge on any atom is 0.310 e. The molecule has 232 valence electrons. The Labute approximate surface area is 251 Å². The van der Waals surface area contributed by atoms with Gasteiger partial charge in [-0.25, -0.2) is 0 Å². The highest BCUT2D eigenvalue weighted by molar-refractivity contribution is 6.33. The molecule has 13 nitrogen and oxygen atoms in total. The molecule has 0 aromatic heterocycles. The highest BCUT2D eigenvalue weighted by atomic mass is 35.5. The highest BCUT2D eigenvalue weighted by Gasteiger charge is 2.56. The zero-order valence-electron chi connectivity index (χ0n) is 23.4. The van der Waals surface area contributed by atoms with Gasteiger partial charge in [0.2, 0.25) is 12.5 Å². The van der Waals surface area contributed by atoms with Crippen LogP contribution in [-0.4, -0.2) is 92.5 Å². The van der Waals surface area contributed by atoms with E-state index in [0.29, 0.717) is 28.2 Å². The monoisotopic (exact) mass is 622 g/mol. The minimum absolute atomic E-state index is 0.00304. The molecule has 0 radical (unpaired) electrons. The van der Waals surface area contributed by atoms with Gasteiger partial charge in [0.25, 0.3) is 0 Å². The Morgan fingerprint density at radius 3 is 2.40 bits per heavy atom. The second-order valence-electron chi connectivity index (χ2n) is 11.1. The SMILES string of the molecule is COc1cc([C@@H]2c3cc4c(cc3[C@@H](O[C@@H]3O[C@@H]5COC(C)O[C@H]5[C@H](O)[C@H]3O)[C@H]3COC(=O)[C@H]23)OCO4)c(Cl)c(OC)c1O. The van der Waals surface area contributed by atoms with Crippen LogP contribution in [0.4, 0.5) is 0 Å². The van der Waals surface area contributed by atoms with Gasteiger partial charge < -0.3 is 58.0 Å². The lowest BCUT2D eigenvalue weighted by Gasteiger charge is -2.47. The lowest BCUT2D eigenvalue weighted by atomic mass is 9.66. The van der Waals surface area contributed by atoms with Gasteiger partial charge in [0.05, 0.1) is 44.5 Å². The lowest BCUT2D eigenvalue weighted by Crippen LogP contribution is -2.63. The third-order valence-corrected chi connectivity index (χ3v) is 9.22. The Bertz CT molecular complexity index is 1430. The number of methoxy groups -OCH3 is 2. The van der Waals surface area contributed by atoms with E-state index in [9.17, 15) is 20.1 Å². The van der Waals surface area contributed by atoms with Crippen molar-refractivity contribution < 1.29 is 62.7 Å². The summed E-state index contributed by atoms with van der Waals surface area (Å²) in [6.45, 7) is 1.83. The Balaban J connectivity index is 1.34. The van der Waals surface area contributed by atoms with Crippen molar-refractivity contribution >= 4 is 17.6 Å². The average molecular weight is 623 g/mol. The number of phenolic OH excluding ortho intramolecular Hbond substituents is 1. The predicted molar refractivity (Wildman–Crippen MR) is 143 cm³/mol. The average Bonchev–Trinajstić information content (AvgIpc) is 3.62. The minimum Gasteiger partial charge on any atom is -0.502 e. The number of esters is 1. The van der Waals surface area contributed by atoms with Crippen LogP contribution in [0.2, 0.25) is 5.02 Å². The number of hydrogen-bond donors (Lipinski definition) is 3. The quantitative estimate of drug-likeness (QED) is 0.416. The Morgan fingerprint density at radius 2 is 1.67 bits per heavy atom. The summed E-state index contributed by atoms with van der Waals surface area (Å²) in [6, 6.07) is 5.09. The number of halogens is 1. The van der Waals surface area contributed by atoms with Crippen molar-refractivity contribution in [1.82, 2.24) is 0 Å². The van der Waals surface area contributed by atoms with E-state index < -0.39 is 66.8 Å². The smallest absolute Gasteiger partial charge is 0.310 e. The number of rotatable bonds is 5. The summed E-state index contributed by atoms with van der Waals surface area (Å²) in [5, 5.41) is 32.7. The van der Waals surface area contributed by atoms with Gasteiger partial charge in [-0.2, -0.15) is 0 Å². The number of carbonyl (C=O) groups is 1. The molecule has 1 aliphatic carbocycles. The summed E-state index contributed by atoms with van der Waals surface area (Å²) in [5.74, 6) is -1.82. The van der Waals surface area contributed by atoms with Crippen molar-refractivity contribution in [2.75, 3.05) is 34.2 Å². The van der Waals surface area contributed by atoms with Gasteiger partial charge in [0.1, 0.15) is 24.4 Å². The first-order valence-corrected chi connectivity index (χ1v) is 14.3. The lowest BCUT2D eigenvalue weighted by molar-refractivity contribution is -0.364. The Kier molecular flexibility index (Phi) is 7.24. The molecule has 5 aliphatic rings. The summed E-state index contributed by atoms with van der Waals surface area (Å²) in [7, 11) is 2.76. The third kappa shape index (κ3) is 4.48. The van der Waals surface area contributed by atoms with Crippen LogP contribution in [0, 0.1) is 11.8 Å². The van der Waals surface area contributed by atoms with Gasteiger partial charge in [-0.1, -0.05) is 11.6 Å². The molecule has 3 fully saturated rings. The van der Waals surface area contributed by atoms with Crippen LogP contribution in [0.25, 0.3) is 0 Å². The summed E-state index contributed by atoms with van der Waals surface area (Å²) < 4.78 is 51.5. The number of aliphatic hydroxyl groups excluding tert-OH is 2. The normalized spacial score (nSPS) is 35.9. The van der Waals surface area contributed by atoms with Gasteiger partial charge in [-0.3, -0.25) is 4.79 Å². The van der Waals surface area contributed by atoms with E-state index >= 15 is 0 Å².